The summed E-state index contributed by atoms with van der Waals surface area (Å²) >= 11 is 0. The molecule has 1 N–H and O–H groups in total. The second-order valence-electron chi connectivity index (χ2n) is 4.66. The second kappa shape index (κ2) is 6.17. The van der Waals surface area contributed by atoms with Crippen LogP contribution in [0.15, 0.2) is 47.3 Å². The van der Waals surface area contributed by atoms with Gasteiger partial charge >= 0.3 is 5.97 Å². The smallest absolute Gasteiger partial charge is 0.328 e. The van der Waals surface area contributed by atoms with E-state index in [-0.39, 0.29) is 12.1 Å². The Hall–Kier alpha value is -2.69. The fourth-order valence-corrected chi connectivity index (χ4v) is 2.04. The average molecular weight is 287 g/mol. The first-order valence-electron chi connectivity index (χ1n) is 6.32. The summed E-state index contributed by atoms with van der Waals surface area (Å²) in [4.78, 5) is 22.3. The van der Waals surface area contributed by atoms with Crippen LogP contribution in [0.2, 0.25) is 0 Å². The maximum absolute atomic E-state index is 13.6. The molecule has 0 unspecified atom stereocenters. The van der Waals surface area contributed by atoms with Crippen molar-refractivity contribution in [2.45, 2.75) is 13.5 Å². The lowest BCUT2D eigenvalue weighted by Gasteiger charge is -2.10. The van der Waals surface area contributed by atoms with E-state index >= 15 is 0 Å². The molecule has 0 atom stereocenters. The zero-order chi connectivity index (χ0) is 15.4. The van der Waals surface area contributed by atoms with Crippen molar-refractivity contribution in [2.75, 3.05) is 0 Å². The molecule has 5 heteroatoms. The van der Waals surface area contributed by atoms with Crippen molar-refractivity contribution in [1.29, 1.82) is 0 Å². The molecule has 4 nitrogen and oxygen atoms in total. The summed E-state index contributed by atoms with van der Waals surface area (Å²) in [7, 11) is 0. The molecule has 108 valence electrons. The molecule has 1 heterocycles. The van der Waals surface area contributed by atoms with Crippen LogP contribution in [-0.2, 0) is 11.3 Å². The standard InChI is InChI=1S/C16H14FNO3/c1-11-3-2-4-15(19)18(11)10-13-7-12(5-6-16(20)21)8-14(17)9-13/h2-9H,10H2,1H3,(H,20,21). The van der Waals surface area contributed by atoms with Gasteiger partial charge in [0.2, 0.25) is 0 Å². The van der Waals surface area contributed by atoms with E-state index in [1.54, 1.807) is 25.1 Å². The van der Waals surface area contributed by atoms with E-state index in [1.165, 1.54) is 28.8 Å². The molecular formula is C16H14FNO3. The van der Waals surface area contributed by atoms with Gasteiger partial charge in [0.05, 0.1) is 6.54 Å². The van der Waals surface area contributed by atoms with Crippen molar-refractivity contribution in [1.82, 2.24) is 4.57 Å². The summed E-state index contributed by atoms with van der Waals surface area (Å²) in [6.07, 6.45) is 2.26. The Morgan fingerprint density at radius 3 is 2.76 bits per heavy atom. The summed E-state index contributed by atoms with van der Waals surface area (Å²) in [5.41, 5.74) is 1.64. The van der Waals surface area contributed by atoms with Crippen molar-refractivity contribution in [3.05, 3.63) is 75.5 Å². The van der Waals surface area contributed by atoms with Gasteiger partial charge in [-0.15, -0.1) is 0 Å². The van der Waals surface area contributed by atoms with Gasteiger partial charge in [0, 0.05) is 17.8 Å². The molecule has 0 amide bonds. The lowest BCUT2D eigenvalue weighted by atomic mass is 10.1. The van der Waals surface area contributed by atoms with Gasteiger partial charge in [-0.1, -0.05) is 6.07 Å². The lowest BCUT2D eigenvalue weighted by Crippen LogP contribution is -2.21. The first-order valence-corrected chi connectivity index (χ1v) is 6.32. The molecule has 21 heavy (non-hydrogen) atoms. The van der Waals surface area contributed by atoms with Crippen molar-refractivity contribution < 1.29 is 14.3 Å². The summed E-state index contributed by atoms with van der Waals surface area (Å²) in [5, 5.41) is 8.60. The van der Waals surface area contributed by atoms with Crippen molar-refractivity contribution >= 4 is 12.0 Å². The van der Waals surface area contributed by atoms with Crippen molar-refractivity contribution in [2.24, 2.45) is 0 Å². The fourth-order valence-electron chi connectivity index (χ4n) is 2.04. The third-order valence-corrected chi connectivity index (χ3v) is 3.01. The molecule has 2 aromatic rings. The van der Waals surface area contributed by atoms with Gasteiger partial charge in [-0.3, -0.25) is 4.79 Å². The normalized spacial score (nSPS) is 11.0. The van der Waals surface area contributed by atoms with Crippen molar-refractivity contribution in [3.8, 4) is 0 Å². The van der Waals surface area contributed by atoms with Crippen molar-refractivity contribution in [3.63, 3.8) is 0 Å². The number of aromatic nitrogens is 1. The number of nitrogens with zero attached hydrogens (tertiary/aromatic N) is 1. The molecule has 0 aliphatic heterocycles. The van der Waals surface area contributed by atoms with Gasteiger partial charge in [0.1, 0.15) is 5.82 Å². The average Bonchev–Trinajstić information content (AvgIpc) is 2.40. The number of carboxylic acid groups (broad SMARTS) is 1. The second-order valence-corrected chi connectivity index (χ2v) is 4.66. The number of halogens is 1. The van der Waals surface area contributed by atoms with Crippen LogP contribution in [0.5, 0.6) is 0 Å². The van der Waals surface area contributed by atoms with Crippen LogP contribution in [0.4, 0.5) is 4.39 Å². The fraction of sp³-hybridized carbons (Fsp3) is 0.125. The first-order chi connectivity index (χ1) is 9.95. The van der Waals surface area contributed by atoms with Crippen LogP contribution in [0.1, 0.15) is 16.8 Å². The monoisotopic (exact) mass is 287 g/mol. The van der Waals surface area contributed by atoms with Crippen LogP contribution in [0.3, 0.4) is 0 Å². The van der Waals surface area contributed by atoms with Gasteiger partial charge in [-0.2, -0.15) is 0 Å². The van der Waals surface area contributed by atoms with Gasteiger partial charge < -0.3 is 9.67 Å². The zero-order valence-corrected chi connectivity index (χ0v) is 11.4. The zero-order valence-electron chi connectivity index (χ0n) is 11.4. The molecule has 0 saturated heterocycles. The lowest BCUT2D eigenvalue weighted by molar-refractivity contribution is -0.131. The molecule has 0 aliphatic carbocycles. The van der Waals surface area contributed by atoms with E-state index in [0.29, 0.717) is 11.1 Å². The Bertz CT molecular complexity index is 762. The highest BCUT2D eigenvalue weighted by Gasteiger charge is 2.04. The number of hydrogen-bond donors (Lipinski definition) is 1. The van der Waals surface area contributed by atoms with E-state index in [2.05, 4.69) is 0 Å². The molecule has 2 rings (SSSR count). The highest BCUT2D eigenvalue weighted by molar-refractivity contribution is 5.85. The minimum atomic E-state index is -1.10. The van der Waals surface area contributed by atoms with Crippen LogP contribution in [-0.4, -0.2) is 15.6 Å². The Balaban J connectivity index is 2.37. The number of carbonyl (C=O) groups is 1. The minimum Gasteiger partial charge on any atom is -0.478 e. The maximum atomic E-state index is 13.6. The highest BCUT2D eigenvalue weighted by atomic mass is 19.1. The topological polar surface area (TPSA) is 59.3 Å². The summed E-state index contributed by atoms with van der Waals surface area (Å²) < 4.78 is 15.1. The molecule has 1 aromatic carbocycles. The Kier molecular flexibility index (Phi) is 4.33. The van der Waals surface area contributed by atoms with Gasteiger partial charge in [-0.25, -0.2) is 9.18 Å². The third-order valence-electron chi connectivity index (χ3n) is 3.01. The summed E-state index contributed by atoms with van der Waals surface area (Å²) in [5.74, 6) is -1.57. The van der Waals surface area contributed by atoms with Crippen LogP contribution >= 0.6 is 0 Å². The Labute approximate surface area is 120 Å². The van der Waals surface area contributed by atoms with Crippen LogP contribution < -0.4 is 5.56 Å². The number of aryl methyl sites for hydroxylation is 1. The predicted molar refractivity (Wildman–Crippen MR) is 77.6 cm³/mol. The Morgan fingerprint density at radius 2 is 2.10 bits per heavy atom. The number of carboxylic acids is 1. The number of pyridine rings is 1. The SMILES string of the molecule is Cc1cccc(=O)n1Cc1cc(F)cc(C=CC(=O)O)c1. The molecular weight excluding hydrogens is 273 g/mol. The molecule has 0 radical (unpaired) electrons. The van der Waals surface area contributed by atoms with E-state index in [4.69, 9.17) is 5.11 Å². The van der Waals surface area contributed by atoms with Gasteiger partial charge in [-0.05, 0) is 48.4 Å². The first kappa shape index (κ1) is 14.7. The number of aliphatic carboxylic acids is 1. The Morgan fingerprint density at radius 1 is 1.33 bits per heavy atom. The van der Waals surface area contributed by atoms with Crippen LogP contribution in [0, 0.1) is 12.7 Å². The van der Waals surface area contributed by atoms with E-state index in [9.17, 15) is 14.0 Å². The molecule has 0 fully saturated rings. The number of rotatable bonds is 4. The summed E-state index contributed by atoms with van der Waals surface area (Å²) in [6, 6.07) is 9.13. The number of benzene rings is 1. The largest absolute Gasteiger partial charge is 0.478 e. The molecule has 1 aromatic heterocycles. The molecule has 0 bridgehead atoms. The molecule has 0 aliphatic rings. The van der Waals surface area contributed by atoms with E-state index < -0.39 is 11.8 Å². The van der Waals surface area contributed by atoms with E-state index in [0.717, 1.165) is 11.8 Å². The van der Waals surface area contributed by atoms with Crippen LogP contribution in [0.25, 0.3) is 6.08 Å². The number of hydrogen-bond acceptors (Lipinski definition) is 2. The highest BCUT2D eigenvalue weighted by Crippen LogP contribution is 2.12. The van der Waals surface area contributed by atoms with Gasteiger partial charge in [0.15, 0.2) is 0 Å². The third kappa shape index (κ3) is 3.89. The predicted octanol–water partition coefficient (Wildman–Crippen LogP) is 2.44. The van der Waals surface area contributed by atoms with E-state index in [1.807, 2.05) is 0 Å². The molecule has 0 spiro atoms. The maximum Gasteiger partial charge on any atom is 0.328 e. The summed E-state index contributed by atoms with van der Waals surface area (Å²) in [6.45, 7) is 2.03. The quantitative estimate of drug-likeness (QED) is 0.879. The minimum absolute atomic E-state index is 0.165. The molecule has 0 saturated carbocycles. The van der Waals surface area contributed by atoms with Gasteiger partial charge in [0.25, 0.3) is 5.56 Å².